The molecule has 11 nitrogen and oxygen atoms in total. The van der Waals surface area contributed by atoms with E-state index < -0.39 is 29.2 Å². The van der Waals surface area contributed by atoms with E-state index in [-0.39, 0.29) is 22.2 Å². The lowest BCUT2D eigenvalue weighted by Gasteiger charge is -2.51. The zero-order chi connectivity index (χ0) is 23.0. The van der Waals surface area contributed by atoms with Crippen molar-refractivity contribution < 1.29 is 28.8 Å². The molecule has 32 heavy (non-hydrogen) atoms. The summed E-state index contributed by atoms with van der Waals surface area (Å²) >= 11 is 2.57. The third-order valence-corrected chi connectivity index (χ3v) is 7.92. The van der Waals surface area contributed by atoms with E-state index >= 15 is 0 Å². The Morgan fingerprint density at radius 3 is 2.75 bits per heavy atom. The number of oxime groups is 1. The van der Waals surface area contributed by atoms with Gasteiger partial charge in [-0.1, -0.05) is 5.16 Å². The summed E-state index contributed by atoms with van der Waals surface area (Å²) in [4.78, 5) is 47.7. The number of likely N-dealkylation sites (N-methyl/N-ethyl adjacent to an activating group) is 1. The number of carbonyl (C=O) groups excluding carboxylic acids is 3. The van der Waals surface area contributed by atoms with Gasteiger partial charge in [0.1, 0.15) is 30.8 Å². The van der Waals surface area contributed by atoms with Crippen molar-refractivity contribution in [2.75, 3.05) is 45.3 Å². The minimum absolute atomic E-state index is 0.0615. The number of amides is 2. The molecule has 0 spiro atoms. The van der Waals surface area contributed by atoms with Gasteiger partial charge in [0.25, 0.3) is 11.8 Å². The fraction of sp³-hybridized carbons (Fsp3) is 0.526. The van der Waals surface area contributed by atoms with Crippen LogP contribution in [0.4, 0.5) is 5.13 Å². The summed E-state index contributed by atoms with van der Waals surface area (Å²) in [6.07, 6.45) is 2.21. The fourth-order valence-corrected chi connectivity index (χ4v) is 6.30. The predicted octanol–water partition coefficient (Wildman–Crippen LogP) is -1.28. The molecule has 2 saturated heterocycles. The third kappa shape index (κ3) is 4.07. The Morgan fingerprint density at radius 1 is 1.44 bits per heavy atom. The highest BCUT2D eigenvalue weighted by atomic mass is 32.2. The maximum Gasteiger partial charge on any atom is 0.276 e. The SMILES string of the molecule is CO/N=C(/C(=O)N[C@@H]1C(=O)N2C(C(=O)[O-])=C(C[N+]3(C)CCCC3)CSC12)c1csc(N)n1. The second-order valence-corrected chi connectivity index (χ2v) is 10.2. The molecule has 3 aliphatic rings. The monoisotopic (exact) mass is 480 g/mol. The summed E-state index contributed by atoms with van der Waals surface area (Å²) in [5, 5.41) is 19.6. The van der Waals surface area contributed by atoms with E-state index in [2.05, 4.69) is 22.5 Å². The zero-order valence-electron chi connectivity index (χ0n) is 17.7. The average molecular weight is 481 g/mol. The Kier molecular flexibility index (Phi) is 6.14. The normalized spacial score (nSPS) is 24.8. The molecule has 1 aromatic rings. The van der Waals surface area contributed by atoms with Gasteiger partial charge in [-0.25, -0.2) is 4.98 Å². The number of likely N-dealkylation sites (tertiary alicyclic amines) is 1. The molecular weight excluding hydrogens is 456 g/mol. The smallest absolute Gasteiger partial charge is 0.276 e. The molecule has 4 rings (SSSR count). The molecular formula is C19H24N6O5S2. The van der Waals surface area contributed by atoms with E-state index in [4.69, 9.17) is 10.6 Å². The highest BCUT2D eigenvalue weighted by Crippen LogP contribution is 2.41. The highest BCUT2D eigenvalue weighted by molar-refractivity contribution is 8.00. The number of carboxylic acid groups (broad SMARTS) is 1. The number of hydrogen-bond acceptors (Lipinski definition) is 10. The zero-order valence-corrected chi connectivity index (χ0v) is 19.3. The number of β-lactam (4-membered cyclic amide) rings is 1. The maximum atomic E-state index is 12.9. The van der Waals surface area contributed by atoms with Crippen LogP contribution in [0.15, 0.2) is 21.8 Å². The minimum Gasteiger partial charge on any atom is -0.543 e. The number of carboxylic acids is 1. The van der Waals surface area contributed by atoms with E-state index in [9.17, 15) is 19.5 Å². The molecule has 0 aromatic carbocycles. The standard InChI is InChI=1S/C19H24N6O5S2/c1-25(5-3-4-6-25)7-10-8-31-17-13(16(27)24(17)14(10)18(28)29)22-15(26)12(23-30-2)11-9-32-19(20)21-11/h9,13,17H,3-8H2,1-2H3,(H3-,20,21,22,26,28,29)/b23-12+/t13-,17?/m1/s1. The highest BCUT2D eigenvalue weighted by Gasteiger charge is 2.53. The number of thiazole rings is 1. The molecule has 0 radical (unpaired) electrons. The molecule has 3 aliphatic heterocycles. The summed E-state index contributed by atoms with van der Waals surface area (Å²) in [6.45, 7) is 2.53. The number of nitrogen functional groups attached to an aromatic ring is 1. The van der Waals surface area contributed by atoms with Gasteiger partial charge >= 0.3 is 0 Å². The van der Waals surface area contributed by atoms with Crippen LogP contribution in [0.5, 0.6) is 0 Å². The molecule has 0 bridgehead atoms. The van der Waals surface area contributed by atoms with E-state index in [1.807, 2.05) is 0 Å². The molecule has 1 unspecified atom stereocenters. The maximum absolute atomic E-state index is 12.9. The number of hydrogen-bond donors (Lipinski definition) is 2. The number of nitrogens with two attached hydrogens (primary N) is 1. The molecule has 2 atom stereocenters. The van der Waals surface area contributed by atoms with E-state index in [1.54, 1.807) is 5.38 Å². The second kappa shape index (κ2) is 8.71. The summed E-state index contributed by atoms with van der Waals surface area (Å²) in [5.74, 6) is -2.06. The van der Waals surface area contributed by atoms with Crippen molar-refractivity contribution in [2.45, 2.75) is 24.3 Å². The molecule has 2 fully saturated rings. The van der Waals surface area contributed by atoms with E-state index in [0.29, 0.717) is 17.9 Å². The number of quaternary nitrogens is 1. The first-order chi connectivity index (χ1) is 15.2. The first-order valence-corrected chi connectivity index (χ1v) is 12.0. The van der Waals surface area contributed by atoms with Crippen LogP contribution in [0.25, 0.3) is 0 Å². The first-order valence-electron chi connectivity index (χ1n) is 10.1. The lowest BCUT2D eigenvalue weighted by molar-refractivity contribution is -0.893. The molecule has 4 heterocycles. The molecule has 1 aromatic heterocycles. The number of thioether (sulfide) groups is 1. The summed E-state index contributed by atoms with van der Waals surface area (Å²) in [7, 11) is 3.39. The lowest BCUT2D eigenvalue weighted by atomic mass is 10.0. The van der Waals surface area contributed by atoms with Gasteiger partial charge in [0, 0.05) is 29.5 Å². The van der Waals surface area contributed by atoms with Crippen LogP contribution in [-0.4, -0.2) is 88.8 Å². The average Bonchev–Trinajstić information content (AvgIpc) is 3.37. The summed E-state index contributed by atoms with van der Waals surface area (Å²) < 4.78 is 0.757. The van der Waals surface area contributed by atoms with Gasteiger partial charge in [-0.3, -0.25) is 14.5 Å². The fourth-order valence-electron chi connectivity index (χ4n) is 4.41. The Morgan fingerprint density at radius 2 is 2.16 bits per heavy atom. The van der Waals surface area contributed by atoms with Crippen molar-refractivity contribution in [2.24, 2.45) is 5.16 Å². The van der Waals surface area contributed by atoms with Crippen LogP contribution in [0.2, 0.25) is 0 Å². The Hall–Kier alpha value is -2.64. The van der Waals surface area contributed by atoms with Gasteiger partial charge in [-0.05, 0) is 0 Å². The van der Waals surface area contributed by atoms with Crippen LogP contribution in [0.1, 0.15) is 18.5 Å². The third-order valence-electron chi connectivity index (χ3n) is 5.91. The van der Waals surface area contributed by atoms with Crippen LogP contribution in [-0.2, 0) is 19.2 Å². The predicted molar refractivity (Wildman–Crippen MR) is 117 cm³/mol. The number of carbonyl (C=O) groups is 3. The number of aromatic nitrogens is 1. The van der Waals surface area contributed by atoms with Crippen molar-refractivity contribution in [1.82, 2.24) is 15.2 Å². The van der Waals surface area contributed by atoms with Gasteiger partial charge in [-0.2, -0.15) is 0 Å². The van der Waals surface area contributed by atoms with Gasteiger partial charge in [0.05, 0.1) is 31.8 Å². The number of anilines is 1. The van der Waals surface area contributed by atoms with Crippen LogP contribution in [0, 0.1) is 0 Å². The summed E-state index contributed by atoms with van der Waals surface area (Å²) in [6, 6.07) is -0.891. The molecule has 2 amide bonds. The van der Waals surface area contributed by atoms with E-state index in [0.717, 1.165) is 41.8 Å². The van der Waals surface area contributed by atoms with Crippen molar-refractivity contribution in [3.63, 3.8) is 0 Å². The Balaban J connectivity index is 1.52. The second-order valence-electron chi connectivity index (χ2n) is 8.23. The minimum atomic E-state index is -1.37. The van der Waals surface area contributed by atoms with Crippen LogP contribution in [0.3, 0.4) is 0 Å². The first kappa shape index (κ1) is 22.6. The van der Waals surface area contributed by atoms with Crippen molar-refractivity contribution >= 4 is 51.7 Å². The van der Waals surface area contributed by atoms with Crippen LogP contribution >= 0.6 is 23.1 Å². The quantitative estimate of drug-likeness (QED) is 0.212. The molecule has 0 aliphatic carbocycles. The molecule has 3 N–H and O–H groups in total. The number of aliphatic carboxylic acids is 1. The van der Waals surface area contributed by atoms with Crippen molar-refractivity contribution in [3.05, 3.63) is 22.3 Å². The van der Waals surface area contributed by atoms with Gasteiger partial charge in [0.15, 0.2) is 10.8 Å². The summed E-state index contributed by atoms with van der Waals surface area (Å²) in [5.41, 5.74) is 6.39. The number of nitrogens with one attached hydrogen (secondary N) is 1. The molecule has 172 valence electrons. The van der Waals surface area contributed by atoms with Crippen LogP contribution < -0.4 is 16.2 Å². The topological polar surface area (TPSA) is 150 Å². The molecule has 13 heteroatoms. The molecule has 0 saturated carbocycles. The number of rotatable bonds is 7. The van der Waals surface area contributed by atoms with Crippen molar-refractivity contribution in [3.8, 4) is 0 Å². The van der Waals surface area contributed by atoms with Gasteiger partial charge in [0.2, 0.25) is 0 Å². The number of fused-ring (bicyclic) bond motifs is 1. The van der Waals surface area contributed by atoms with E-state index in [1.165, 1.54) is 23.8 Å². The lowest BCUT2D eigenvalue weighted by Crippen LogP contribution is -2.71. The van der Waals surface area contributed by atoms with Crippen molar-refractivity contribution in [1.29, 1.82) is 0 Å². The van der Waals surface area contributed by atoms with Gasteiger partial charge in [-0.15, -0.1) is 23.1 Å². The Bertz CT molecular complexity index is 1020. The largest absolute Gasteiger partial charge is 0.543 e. The van der Waals surface area contributed by atoms with Gasteiger partial charge < -0.3 is 30.3 Å². The number of nitrogens with zero attached hydrogens (tertiary/aromatic N) is 4. The Labute approximate surface area is 192 Å².